The highest BCUT2D eigenvalue weighted by molar-refractivity contribution is 7.19. The summed E-state index contributed by atoms with van der Waals surface area (Å²) >= 11 is 1.85. The molecule has 1 aromatic carbocycles. The Hall–Kier alpha value is -1.98. The molecule has 0 aliphatic carbocycles. The predicted octanol–water partition coefficient (Wildman–Crippen LogP) is 4.65. The first-order valence-corrected chi connectivity index (χ1v) is 9.84. The molecular weight excluding hydrogens is 347 g/mol. The zero-order chi connectivity index (χ0) is 18.1. The molecule has 3 aromatic rings. The number of fused-ring (bicyclic) bond motifs is 1. The molecule has 0 amide bonds. The maximum atomic E-state index is 13.1. The van der Waals surface area contributed by atoms with Gasteiger partial charge >= 0.3 is 0 Å². The Kier molecular flexibility index (Phi) is 4.92. The van der Waals surface area contributed by atoms with Crippen molar-refractivity contribution >= 4 is 21.4 Å². The number of benzene rings is 1. The number of methoxy groups -OCH3 is 1. The molecule has 1 aliphatic rings. The Bertz CT molecular complexity index is 904. The topological polar surface area (TPSA) is 25.4 Å². The smallest absolute Gasteiger partial charge is 0.140 e. The second kappa shape index (κ2) is 7.33. The number of aromatic nitrogens is 1. The molecule has 3 heterocycles. The number of thiophene rings is 1. The predicted molar refractivity (Wildman–Crippen MR) is 105 cm³/mol. The Morgan fingerprint density at radius 2 is 2.08 bits per heavy atom. The molecule has 1 fully saturated rings. The molecule has 136 valence electrons. The Morgan fingerprint density at radius 3 is 2.85 bits per heavy atom. The number of pyridine rings is 1. The number of halogens is 1. The van der Waals surface area contributed by atoms with Gasteiger partial charge in [0.15, 0.2) is 0 Å². The molecular formula is C21H23FN2OS. The summed E-state index contributed by atoms with van der Waals surface area (Å²) in [5.74, 6) is 0.965. The van der Waals surface area contributed by atoms with Gasteiger partial charge in [-0.1, -0.05) is 25.1 Å². The maximum Gasteiger partial charge on any atom is 0.140 e. The quantitative estimate of drug-likeness (QED) is 0.631. The molecule has 3 nitrogen and oxygen atoms in total. The third-order valence-corrected chi connectivity index (χ3v) is 6.39. The van der Waals surface area contributed by atoms with Crippen LogP contribution in [0.5, 0.6) is 5.75 Å². The average Bonchev–Trinajstić information content (AvgIpc) is 3.02. The fraction of sp³-hybridized carbons (Fsp3) is 0.381. The zero-order valence-corrected chi connectivity index (χ0v) is 15.9. The Labute approximate surface area is 157 Å². The fourth-order valence-electron chi connectivity index (χ4n) is 3.76. The van der Waals surface area contributed by atoms with E-state index in [1.165, 1.54) is 20.5 Å². The standard InChI is InChI=1S/C21H23FN2OS/c1-14(21-17(25-2)7-5-10-23-21)20-16-6-3-4-8-18(16)26-19(20)9-11-24-12-15(22)13-24/h3-8,10,14-15H,9,11-13H2,1-2H3/t14-/m1/s1. The number of rotatable bonds is 6. The number of hydrogen-bond acceptors (Lipinski definition) is 4. The Morgan fingerprint density at radius 1 is 1.27 bits per heavy atom. The normalized spacial score (nSPS) is 16.6. The van der Waals surface area contributed by atoms with Crippen molar-refractivity contribution in [2.24, 2.45) is 0 Å². The van der Waals surface area contributed by atoms with E-state index in [0.29, 0.717) is 13.1 Å². The summed E-state index contributed by atoms with van der Waals surface area (Å²) in [6, 6.07) is 12.4. The van der Waals surface area contributed by atoms with Crippen LogP contribution in [0.2, 0.25) is 0 Å². The van der Waals surface area contributed by atoms with E-state index in [-0.39, 0.29) is 5.92 Å². The van der Waals surface area contributed by atoms with Gasteiger partial charge in [0.05, 0.1) is 12.8 Å². The van der Waals surface area contributed by atoms with Crippen LogP contribution in [-0.4, -0.2) is 42.8 Å². The number of likely N-dealkylation sites (tertiary alicyclic amines) is 1. The molecule has 0 spiro atoms. The van der Waals surface area contributed by atoms with Crippen molar-refractivity contribution in [3.05, 3.63) is 58.7 Å². The lowest BCUT2D eigenvalue weighted by molar-refractivity contribution is 0.0672. The first kappa shape index (κ1) is 17.4. The first-order valence-electron chi connectivity index (χ1n) is 9.03. The summed E-state index contributed by atoms with van der Waals surface area (Å²) in [6.07, 6.45) is 2.12. The van der Waals surface area contributed by atoms with Gasteiger partial charge in [0.25, 0.3) is 0 Å². The fourth-order valence-corrected chi connectivity index (χ4v) is 5.05. The molecule has 0 radical (unpaired) electrons. The third kappa shape index (κ3) is 3.21. The molecule has 2 aromatic heterocycles. The van der Waals surface area contributed by atoms with E-state index in [2.05, 4.69) is 41.1 Å². The lowest BCUT2D eigenvalue weighted by Gasteiger charge is -2.34. The summed E-state index contributed by atoms with van der Waals surface area (Å²) in [5.41, 5.74) is 2.30. The van der Waals surface area contributed by atoms with Crippen LogP contribution in [0.25, 0.3) is 10.1 Å². The second-order valence-corrected chi connectivity index (χ2v) is 7.99. The van der Waals surface area contributed by atoms with Gasteiger partial charge in [-0.05, 0) is 35.6 Å². The number of ether oxygens (including phenoxy) is 1. The molecule has 5 heteroatoms. The minimum absolute atomic E-state index is 0.141. The molecule has 0 saturated carbocycles. The highest BCUT2D eigenvalue weighted by Gasteiger charge is 2.27. The first-order chi connectivity index (χ1) is 12.7. The van der Waals surface area contributed by atoms with Gasteiger partial charge in [0, 0.05) is 41.3 Å². The van der Waals surface area contributed by atoms with Crippen molar-refractivity contribution < 1.29 is 9.13 Å². The summed E-state index contributed by atoms with van der Waals surface area (Å²) in [6.45, 7) is 4.25. The monoisotopic (exact) mass is 370 g/mol. The molecule has 0 unspecified atom stereocenters. The number of alkyl halides is 1. The highest BCUT2D eigenvalue weighted by atomic mass is 32.1. The van der Waals surface area contributed by atoms with Gasteiger partial charge in [-0.25, -0.2) is 4.39 Å². The van der Waals surface area contributed by atoms with Gasteiger partial charge in [0.2, 0.25) is 0 Å². The number of hydrogen-bond donors (Lipinski definition) is 0. The van der Waals surface area contributed by atoms with Crippen molar-refractivity contribution in [2.45, 2.75) is 25.4 Å². The van der Waals surface area contributed by atoms with Gasteiger partial charge < -0.3 is 4.74 Å². The van der Waals surface area contributed by atoms with E-state index in [1.54, 1.807) is 7.11 Å². The molecule has 4 rings (SSSR count). The Balaban J connectivity index is 1.70. The molecule has 1 saturated heterocycles. The van der Waals surface area contributed by atoms with Crippen molar-refractivity contribution in [3.63, 3.8) is 0 Å². The van der Waals surface area contributed by atoms with Crippen molar-refractivity contribution in [2.75, 3.05) is 26.7 Å². The van der Waals surface area contributed by atoms with Gasteiger partial charge in [-0.15, -0.1) is 11.3 Å². The van der Waals surface area contributed by atoms with E-state index in [9.17, 15) is 4.39 Å². The van der Waals surface area contributed by atoms with Crippen molar-refractivity contribution in [1.82, 2.24) is 9.88 Å². The lowest BCUT2D eigenvalue weighted by atomic mass is 9.92. The van der Waals surface area contributed by atoms with Crippen LogP contribution in [0.15, 0.2) is 42.6 Å². The largest absolute Gasteiger partial charge is 0.495 e. The SMILES string of the molecule is COc1cccnc1[C@H](C)c1c(CCN2CC(F)C2)sc2ccccc12. The van der Waals surface area contributed by atoms with E-state index in [1.807, 2.05) is 29.7 Å². The summed E-state index contributed by atoms with van der Waals surface area (Å²) in [5, 5.41) is 1.29. The van der Waals surface area contributed by atoms with Crippen LogP contribution in [0.3, 0.4) is 0 Å². The maximum absolute atomic E-state index is 13.1. The van der Waals surface area contributed by atoms with E-state index < -0.39 is 6.17 Å². The zero-order valence-electron chi connectivity index (χ0n) is 15.1. The van der Waals surface area contributed by atoms with Crippen LogP contribution >= 0.6 is 11.3 Å². The minimum atomic E-state index is -0.645. The molecule has 1 atom stereocenters. The van der Waals surface area contributed by atoms with E-state index >= 15 is 0 Å². The molecule has 0 N–H and O–H groups in total. The molecule has 0 bridgehead atoms. The van der Waals surface area contributed by atoms with Crippen LogP contribution < -0.4 is 4.74 Å². The van der Waals surface area contributed by atoms with Gasteiger partial charge in [-0.3, -0.25) is 9.88 Å². The average molecular weight is 370 g/mol. The van der Waals surface area contributed by atoms with E-state index in [4.69, 9.17) is 4.74 Å². The second-order valence-electron chi connectivity index (χ2n) is 6.85. The van der Waals surface area contributed by atoms with E-state index in [0.717, 1.165) is 24.4 Å². The highest BCUT2D eigenvalue weighted by Crippen LogP contribution is 2.40. The van der Waals surface area contributed by atoms with Crippen LogP contribution in [-0.2, 0) is 6.42 Å². The van der Waals surface area contributed by atoms with Crippen molar-refractivity contribution in [1.29, 1.82) is 0 Å². The molecule has 1 aliphatic heterocycles. The van der Waals surface area contributed by atoms with Crippen molar-refractivity contribution in [3.8, 4) is 5.75 Å². The minimum Gasteiger partial charge on any atom is -0.495 e. The third-order valence-electron chi connectivity index (χ3n) is 5.14. The molecule has 26 heavy (non-hydrogen) atoms. The summed E-state index contributed by atoms with van der Waals surface area (Å²) in [4.78, 5) is 8.16. The van der Waals surface area contributed by atoms with Crippen LogP contribution in [0.1, 0.15) is 29.0 Å². The van der Waals surface area contributed by atoms with Gasteiger partial charge in [-0.2, -0.15) is 0 Å². The summed E-state index contributed by atoms with van der Waals surface area (Å²) < 4.78 is 20.0. The number of nitrogens with zero attached hydrogens (tertiary/aromatic N) is 2. The van der Waals surface area contributed by atoms with Crippen LogP contribution in [0.4, 0.5) is 4.39 Å². The summed E-state index contributed by atoms with van der Waals surface area (Å²) in [7, 11) is 1.69. The lowest BCUT2D eigenvalue weighted by Crippen LogP contribution is -2.48. The van der Waals surface area contributed by atoms with Gasteiger partial charge in [0.1, 0.15) is 11.9 Å². The van der Waals surface area contributed by atoms with Crippen LogP contribution in [0, 0.1) is 0 Å².